The van der Waals surface area contributed by atoms with Gasteiger partial charge >= 0.3 is 5.97 Å². The van der Waals surface area contributed by atoms with Crippen LogP contribution in [0.2, 0.25) is 0 Å². The first-order valence-electron chi connectivity index (χ1n) is 6.20. The Morgan fingerprint density at radius 1 is 1.65 bits per heavy atom. The average molecular weight is 237 g/mol. The number of hydrogen-bond donors (Lipinski definition) is 1. The third-order valence-electron chi connectivity index (χ3n) is 3.30. The molecular formula is C12H19N3O2. The van der Waals surface area contributed by atoms with Crippen LogP contribution in [0.15, 0.2) is 12.3 Å². The van der Waals surface area contributed by atoms with E-state index in [9.17, 15) is 4.79 Å². The van der Waals surface area contributed by atoms with Gasteiger partial charge in [0, 0.05) is 19.3 Å². The molecule has 1 aliphatic heterocycles. The average Bonchev–Trinajstić information content (AvgIpc) is 2.94. The van der Waals surface area contributed by atoms with Crippen molar-refractivity contribution in [2.24, 2.45) is 0 Å². The van der Waals surface area contributed by atoms with Gasteiger partial charge in [0.15, 0.2) is 0 Å². The van der Waals surface area contributed by atoms with Crippen LogP contribution in [0.25, 0.3) is 0 Å². The number of carbonyl (C=O) groups is 1. The summed E-state index contributed by atoms with van der Waals surface area (Å²) in [6.45, 7) is 4.55. The molecular weight excluding hydrogens is 218 g/mol. The minimum Gasteiger partial charge on any atom is -0.481 e. The van der Waals surface area contributed by atoms with Crippen molar-refractivity contribution >= 4 is 5.97 Å². The number of hydrogen-bond acceptors (Lipinski definition) is 3. The summed E-state index contributed by atoms with van der Waals surface area (Å²) in [6.07, 6.45) is 4.41. The summed E-state index contributed by atoms with van der Waals surface area (Å²) in [4.78, 5) is 12.8. The van der Waals surface area contributed by atoms with Gasteiger partial charge in [-0.05, 0) is 32.4 Å². The number of likely N-dealkylation sites (tertiary alicyclic amines) is 1. The first-order valence-corrected chi connectivity index (χ1v) is 6.20. The van der Waals surface area contributed by atoms with Crippen LogP contribution < -0.4 is 0 Å². The van der Waals surface area contributed by atoms with Gasteiger partial charge < -0.3 is 5.11 Å². The van der Waals surface area contributed by atoms with Gasteiger partial charge in [-0.25, -0.2) is 0 Å². The lowest BCUT2D eigenvalue weighted by atomic mass is 10.1. The van der Waals surface area contributed by atoms with Crippen molar-refractivity contribution in [1.29, 1.82) is 0 Å². The van der Waals surface area contributed by atoms with Crippen LogP contribution in [0.5, 0.6) is 0 Å². The molecule has 1 aliphatic rings. The summed E-state index contributed by atoms with van der Waals surface area (Å²) in [5.74, 6) is -0.727. The molecule has 1 unspecified atom stereocenters. The molecule has 2 rings (SSSR count). The minimum absolute atomic E-state index is 0.213. The van der Waals surface area contributed by atoms with Crippen LogP contribution in [0.4, 0.5) is 0 Å². The van der Waals surface area contributed by atoms with E-state index < -0.39 is 5.97 Å². The molecule has 1 aromatic rings. The van der Waals surface area contributed by atoms with Crippen LogP contribution in [-0.4, -0.2) is 38.8 Å². The normalized spacial score (nSPS) is 20.9. The van der Waals surface area contributed by atoms with E-state index in [2.05, 4.69) is 16.9 Å². The van der Waals surface area contributed by atoms with Gasteiger partial charge in [0.25, 0.3) is 0 Å². The largest absolute Gasteiger partial charge is 0.481 e. The zero-order valence-corrected chi connectivity index (χ0v) is 10.2. The minimum atomic E-state index is -0.727. The van der Waals surface area contributed by atoms with Crippen molar-refractivity contribution in [2.75, 3.05) is 13.1 Å². The summed E-state index contributed by atoms with van der Waals surface area (Å²) < 4.78 is 1.92. The predicted octanol–water partition coefficient (Wildman–Crippen LogP) is 1.51. The molecule has 1 fully saturated rings. The van der Waals surface area contributed by atoms with Crippen molar-refractivity contribution in [1.82, 2.24) is 14.7 Å². The molecule has 94 valence electrons. The molecule has 0 aromatic carbocycles. The maximum absolute atomic E-state index is 10.6. The van der Waals surface area contributed by atoms with Gasteiger partial charge in [-0.1, -0.05) is 0 Å². The number of carboxylic acids is 1. The first kappa shape index (κ1) is 12.1. The van der Waals surface area contributed by atoms with E-state index in [-0.39, 0.29) is 6.42 Å². The Hall–Kier alpha value is -1.36. The monoisotopic (exact) mass is 237 g/mol. The lowest BCUT2D eigenvalue weighted by Gasteiger charge is -2.21. The molecule has 5 heteroatoms. The second-order valence-corrected chi connectivity index (χ2v) is 4.43. The Labute approximate surface area is 101 Å². The zero-order chi connectivity index (χ0) is 12.3. The Morgan fingerprint density at radius 3 is 3.12 bits per heavy atom. The zero-order valence-electron chi connectivity index (χ0n) is 10.2. The lowest BCUT2D eigenvalue weighted by molar-refractivity contribution is -0.137. The molecule has 1 aromatic heterocycles. The molecule has 0 amide bonds. The van der Waals surface area contributed by atoms with E-state index >= 15 is 0 Å². The van der Waals surface area contributed by atoms with Gasteiger partial charge in [-0.3, -0.25) is 14.4 Å². The summed E-state index contributed by atoms with van der Waals surface area (Å²) >= 11 is 0. The summed E-state index contributed by atoms with van der Waals surface area (Å²) in [7, 11) is 0. The highest BCUT2D eigenvalue weighted by atomic mass is 16.4. The summed E-state index contributed by atoms with van der Waals surface area (Å²) in [6, 6.07) is 2.36. The van der Waals surface area contributed by atoms with Crippen molar-refractivity contribution in [3.63, 3.8) is 0 Å². The smallest absolute Gasteiger partial charge is 0.304 e. The molecule has 0 bridgehead atoms. The summed E-state index contributed by atoms with van der Waals surface area (Å²) in [5.41, 5.74) is 1.08. The van der Waals surface area contributed by atoms with Crippen LogP contribution in [-0.2, 0) is 11.3 Å². The standard InChI is InChI=1S/C12H19N3O2/c1-2-15-9-5-10(13-15)11-4-3-7-14(11)8-6-12(16)17/h5,9,11H,2-4,6-8H2,1H3,(H,16,17). The van der Waals surface area contributed by atoms with E-state index in [4.69, 9.17) is 5.11 Å². The molecule has 5 nitrogen and oxygen atoms in total. The van der Waals surface area contributed by atoms with E-state index in [1.807, 2.05) is 16.9 Å². The second kappa shape index (κ2) is 5.31. The molecule has 1 N–H and O–H groups in total. The topological polar surface area (TPSA) is 58.4 Å². The Kier molecular flexibility index (Phi) is 3.78. The van der Waals surface area contributed by atoms with Crippen molar-refractivity contribution < 1.29 is 9.90 Å². The van der Waals surface area contributed by atoms with E-state index in [1.165, 1.54) is 0 Å². The Balaban J connectivity index is 2.00. The number of nitrogens with zero attached hydrogens (tertiary/aromatic N) is 3. The van der Waals surface area contributed by atoms with Crippen LogP contribution in [0, 0.1) is 0 Å². The first-order chi connectivity index (χ1) is 8.20. The second-order valence-electron chi connectivity index (χ2n) is 4.43. The van der Waals surface area contributed by atoms with Gasteiger partial charge in [0.2, 0.25) is 0 Å². The van der Waals surface area contributed by atoms with Crippen molar-refractivity contribution in [3.05, 3.63) is 18.0 Å². The molecule has 0 spiro atoms. The SMILES string of the molecule is CCn1ccc(C2CCCN2CCC(=O)O)n1. The third kappa shape index (κ3) is 2.85. The molecule has 2 heterocycles. The molecule has 17 heavy (non-hydrogen) atoms. The fraction of sp³-hybridized carbons (Fsp3) is 0.667. The van der Waals surface area contributed by atoms with Gasteiger partial charge in [-0.2, -0.15) is 5.10 Å². The quantitative estimate of drug-likeness (QED) is 0.843. The number of carboxylic acid groups (broad SMARTS) is 1. The predicted molar refractivity (Wildman–Crippen MR) is 63.7 cm³/mol. The highest BCUT2D eigenvalue weighted by molar-refractivity contribution is 5.66. The van der Waals surface area contributed by atoms with E-state index in [0.717, 1.165) is 31.6 Å². The lowest BCUT2D eigenvalue weighted by Crippen LogP contribution is -2.26. The van der Waals surface area contributed by atoms with Crippen LogP contribution >= 0.6 is 0 Å². The van der Waals surface area contributed by atoms with Gasteiger partial charge in [0.1, 0.15) is 0 Å². The Bertz CT molecular complexity index is 389. The van der Waals surface area contributed by atoms with Crippen molar-refractivity contribution in [3.8, 4) is 0 Å². The van der Waals surface area contributed by atoms with Gasteiger partial charge in [0.05, 0.1) is 18.2 Å². The molecule has 0 aliphatic carbocycles. The number of aryl methyl sites for hydroxylation is 1. The van der Waals surface area contributed by atoms with Crippen LogP contribution in [0.3, 0.4) is 0 Å². The molecule has 1 atom stereocenters. The van der Waals surface area contributed by atoms with Crippen molar-refractivity contribution in [2.45, 2.75) is 38.8 Å². The fourth-order valence-corrected chi connectivity index (χ4v) is 2.40. The highest BCUT2D eigenvalue weighted by Crippen LogP contribution is 2.30. The molecule has 1 saturated heterocycles. The van der Waals surface area contributed by atoms with E-state index in [0.29, 0.717) is 12.6 Å². The fourth-order valence-electron chi connectivity index (χ4n) is 2.40. The maximum Gasteiger partial charge on any atom is 0.304 e. The molecule has 0 radical (unpaired) electrons. The van der Waals surface area contributed by atoms with Gasteiger partial charge in [-0.15, -0.1) is 0 Å². The number of aliphatic carboxylic acids is 1. The third-order valence-corrected chi connectivity index (χ3v) is 3.30. The van der Waals surface area contributed by atoms with E-state index in [1.54, 1.807) is 0 Å². The summed E-state index contributed by atoms with van der Waals surface area (Å²) in [5, 5.41) is 13.2. The van der Waals surface area contributed by atoms with Crippen LogP contribution in [0.1, 0.15) is 37.9 Å². The number of rotatable bonds is 5. The molecule has 0 saturated carbocycles. The highest BCUT2D eigenvalue weighted by Gasteiger charge is 2.27. The maximum atomic E-state index is 10.6. The Morgan fingerprint density at radius 2 is 2.47 bits per heavy atom. The number of aromatic nitrogens is 2.